The molecule has 1 aromatic heterocycles. The van der Waals surface area contributed by atoms with E-state index in [1.165, 1.54) is 12.3 Å². The summed E-state index contributed by atoms with van der Waals surface area (Å²) >= 11 is 0. The molecule has 1 atom stereocenters. The smallest absolute Gasteiger partial charge is 0.369 e. The van der Waals surface area contributed by atoms with Gasteiger partial charge >= 0.3 is 6.18 Å². The van der Waals surface area contributed by atoms with Crippen LogP contribution in [0.15, 0.2) is 36.5 Å². The van der Waals surface area contributed by atoms with Crippen LogP contribution in [0.2, 0.25) is 0 Å². The molecular weight excluding hydrogens is 375 g/mol. The number of rotatable bonds is 5. The fourth-order valence-electron chi connectivity index (χ4n) is 3.21. The maximum Gasteiger partial charge on any atom is 0.435 e. The van der Waals surface area contributed by atoms with E-state index in [1.54, 1.807) is 18.2 Å². The molecule has 1 aromatic carbocycles. The Bertz CT molecular complexity index is 865. The van der Waals surface area contributed by atoms with E-state index >= 15 is 0 Å². The number of hydrogen-bond donors (Lipinski definition) is 2. The standard InChI is InChI=1S/C18H20F3N5O2/c19-18(20,21)15-6-8-26(24-15)14-5-1-3-12(9-14)17(28)23-13-4-2-7-25(10-13)11-16(22)27/h1,3,5-6,8-9,13H,2,4,7,10-11H2,(H2,22,27)(H,23,28). The lowest BCUT2D eigenvalue weighted by molar-refractivity contribution is -0.141. The number of likely N-dealkylation sites (tertiary alicyclic amines) is 1. The fourth-order valence-corrected chi connectivity index (χ4v) is 3.21. The lowest BCUT2D eigenvalue weighted by atomic mass is 10.0. The number of alkyl halides is 3. The molecule has 0 radical (unpaired) electrons. The van der Waals surface area contributed by atoms with Crippen LogP contribution < -0.4 is 11.1 Å². The van der Waals surface area contributed by atoms with Crippen LogP contribution in [0.3, 0.4) is 0 Å². The minimum Gasteiger partial charge on any atom is -0.369 e. The molecule has 7 nitrogen and oxygen atoms in total. The molecule has 1 fully saturated rings. The van der Waals surface area contributed by atoms with Crippen LogP contribution in [-0.2, 0) is 11.0 Å². The summed E-state index contributed by atoms with van der Waals surface area (Å²) in [5.74, 6) is -0.756. The minimum atomic E-state index is -4.53. The number of piperidine rings is 1. The summed E-state index contributed by atoms with van der Waals surface area (Å²) in [6.45, 7) is 1.40. The van der Waals surface area contributed by atoms with Gasteiger partial charge in [0.05, 0.1) is 12.2 Å². The minimum absolute atomic E-state index is 0.134. The van der Waals surface area contributed by atoms with Gasteiger partial charge in [-0.2, -0.15) is 18.3 Å². The zero-order chi connectivity index (χ0) is 20.3. The van der Waals surface area contributed by atoms with Crippen molar-refractivity contribution in [3.8, 4) is 5.69 Å². The molecule has 0 spiro atoms. The first-order chi connectivity index (χ1) is 13.2. The molecule has 0 aliphatic carbocycles. The van der Waals surface area contributed by atoms with Gasteiger partial charge in [-0.1, -0.05) is 6.07 Å². The van der Waals surface area contributed by atoms with Gasteiger partial charge in [0.2, 0.25) is 5.91 Å². The number of halogens is 3. The summed E-state index contributed by atoms with van der Waals surface area (Å²) in [5.41, 5.74) is 4.88. The van der Waals surface area contributed by atoms with Gasteiger partial charge in [0.25, 0.3) is 5.91 Å². The van der Waals surface area contributed by atoms with Crippen molar-refractivity contribution in [2.24, 2.45) is 5.73 Å². The number of amides is 2. The van der Waals surface area contributed by atoms with Gasteiger partial charge < -0.3 is 11.1 Å². The number of aromatic nitrogens is 2. The molecule has 1 unspecified atom stereocenters. The predicted molar refractivity (Wildman–Crippen MR) is 94.7 cm³/mol. The van der Waals surface area contributed by atoms with Crippen LogP contribution in [0.1, 0.15) is 28.9 Å². The third kappa shape index (κ3) is 4.89. The van der Waals surface area contributed by atoms with E-state index in [9.17, 15) is 22.8 Å². The van der Waals surface area contributed by atoms with Crippen molar-refractivity contribution >= 4 is 11.8 Å². The Kier molecular flexibility index (Phi) is 5.68. The molecule has 1 aliphatic rings. The third-order valence-electron chi connectivity index (χ3n) is 4.47. The van der Waals surface area contributed by atoms with Gasteiger partial charge in [0.1, 0.15) is 0 Å². The van der Waals surface area contributed by atoms with E-state index in [2.05, 4.69) is 10.4 Å². The quantitative estimate of drug-likeness (QED) is 0.804. The van der Waals surface area contributed by atoms with Crippen LogP contribution in [0.5, 0.6) is 0 Å². The highest BCUT2D eigenvalue weighted by Crippen LogP contribution is 2.28. The van der Waals surface area contributed by atoms with Gasteiger partial charge in [-0.3, -0.25) is 14.5 Å². The number of carbonyl (C=O) groups excluding carboxylic acids is 2. The number of nitrogens with one attached hydrogen (secondary N) is 1. The van der Waals surface area contributed by atoms with Crippen molar-refractivity contribution in [2.45, 2.75) is 25.1 Å². The largest absolute Gasteiger partial charge is 0.435 e. The second-order valence-electron chi connectivity index (χ2n) is 6.71. The van der Waals surface area contributed by atoms with Crippen molar-refractivity contribution < 1.29 is 22.8 Å². The van der Waals surface area contributed by atoms with Gasteiger partial charge in [-0.15, -0.1) is 0 Å². The van der Waals surface area contributed by atoms with Crippen LogP contribution in [-0.4, -0.2) is 52.2 Å². The molecule has 3 rings (SSSR count). The Hall–Kier alpha value is -2.88. The van der Waals surface area contributed by atoms with E-state index in [1.807, 2.05) is 4.90 Å². The highest BCUT2D eigenvalue weighted by atomic mass is 19.4. The Morgan fingerprint density at radius 1 is 1.29 bits per heavy atom. The highest BCUT2D eigenvalue weighted by Gasteiger charge is 2.33. The SMILES string of the molecule is NC(=O)CN1CCCC(NC(=O)c2cccc(-n3ccc(C(F)(F)F)n3)c2)C1. The molecule has 10 heteroatoms. The monoisotopic (exact) mass is 395 g/mol. The van der Waals surface area contributed by atoms with E-state index in [4.69, 9.17) is 5.73 Å². The highest BCUT2D eigenvalue weighted by molar-refractivity contribution is 5.95. The molecule has 1 aliphatic heterocycles. The Morgan fingerprint density at radius 2 is 2.07 bits per heavy atom. The first-order valence-corrected chi connectivity index (χ1v) is 8.77. The van der Waals surface area contributed by atoms with Gasteiger partial charge in [-0.05, 0) is 43.7 Å². The van der Waals surface area contributed by atoms with E-state index in [0.29, 0.717) is 17.8 Å². The number of nitrogens with two attached hydrogens (primary N) is 1. The van der Waals surface area contributed by atoms with Gasteiger partial charge in [0.15, 0.2) is 5.69 Å². The fraction of sp³-hybridized carbons (Fsp3) is 0.389. The molecule has 3 N–H and O–H groups in total. The molecule has 1 saturated heterocycles. The zero-order valence-electron chi connectivity index (χ0n) is 14.9. The van der Waals surface area contributed by atoms with Crippen molar-refractivity contribution in [1.29, 1.82) is 0 Å². The Morgan fingerprint density at radius 3 is 2.75 bits per heavy atom. The topological polar surface area (TPSA) is 93.3 Å². The second-order valence-corrected chi connectivity index (χ2v) is 6.71. The summed E-state index contributed by atoms with van der Waals surface area (Å²) in [6.07, 6.45) is -1.73. The number of nitrogens with zero attached hydrogens (tertiary/aromatic N) is 3. The maximum absolute atomic E-state index is 12.7. The van der Waals surface area contributed by atoms with Crippen molar-refractivity contribution in [2.75, 3.05) is 19.6 Å². The van der Waals surface area contributed by atoms with Crippen molar-refractivity contribution in [1.82, 2.24) is 20.0 Å². The lowest BCUT2D eigenvalue weighted by Crippen LogP contribution is -2.49. The van der Waals surface area contributed by atoms with Gasteiger partial charge in [-0.25, -0.2) is 4.68 Å². The molecule has 2 amide bonds. The molecule has 28 heavy (non-hydrogen) atoms. The average Bonchev–Trinajstić information content (AvgIpc) is 3.12. The number of hydrogen-bond acceptors (Lipinski definition) is 4. The van der Waals surface area contributed by atoms with Crippen LogP contribution in [0.25, 0.3) is 5.69 Å². The second kappa shape index (κ2) is 8.01. The molecular formula is C18H20F3N5O2. The van der Waals surface area contributed by atoms with E-state index < -0.39 is 17.8 Å². The van der Waals surface area contributed by atoms with Crippen LogP contribution in [0, 0.1) is 0 Å². The maximum atomic E-state index is 12.7. The zero-order valence-corrected chi connectivity index (χ0v) is 14.9. The molecule has 2 aromatic rings. The first-order valence-electron chi connectivity index (χ1n) is 8.77. The first kappa shape index (κ1) is 19.9. The number of primary amides is 1. The number of carbonyl (C=O) groups is 2. The van der Waals surface area contributed by atoms with Crippen LogP contribution >= 0.6 is 0 Å². The lowest BCUT2D eigenvalue weighted by Gasteiger charge is -2.32. The van der Waals surface area contributed by atoms with Crippen molar-refractivity contribution in [3.63, 3.8) is 0 Å². The Labute approximate surface area is 159 Å². The Balaban J connectivity index is 1.69. The van der Waals surface area contributed by atoms with Gasteiger partial charge in [0, 0.05) is 24.3 Å². The van der Waals surface area contributed by atoms with Crippen LogP contribution in [0.4, 0.5) is 13.2 Å². The summed E-state index contributed by atoms with van der Waals surface area (Å²) in [6, 6.07) is 6.95. The summed E-state index contributed by atoms with van der Waals surface area (Å²) in [5, 5.41) is 6.42. The molecule has 150 valence electrons. The third-order valence-corrected chi connectivity index (χ3v) is 4.47. The van der Waals surface area contributed by atoms with E-state index in [-0.39, 0.29) is 18.5 Å². The normalized spacial score (nSPS) is 18.0. The molecule has 0 saturated carbocycles. The average molecular weight is 395 g/mol. The molecule has 0 bridgehead atoms. The summed E-state index contributed by atoms with van der Waals surface area (Å²) < 4.78 is 39.2. The van der Waals surface area contributed by atoms with Crippen molar-refractivity contribution in [3.05, 3.63) is 47.8 Å². The molecule has 2 heterocycles. The predicted octanol–water partition coefficient (Wildman–Crippen LogP) is 1.57. The summed E-state index contributed by atoms with van der Waals surface area (Å²) in [4.78, 5) is 25.5. The summed E-state index contributed by atoms with van der Waals surface area (Å²) in [7, 11) is 0. The number of benzene rings is 1. The van der Waals surface area contributed by atoms with E-state index in [0.717, 1.165) is 30.1 Å².